The second kappa shape index (κ2) is 12.2. The number of guanidine groups is 1. The minimum atomic E-state index is -0.287. The maximum atomic E-state index is 13.9. The molecule has 1 saturated heterocycles. The molecular weight excluding hydrogens is 583 g/mol. The first-order valence-corrected chi connectivity index (χ1v) is 16.5. The van der Waals surface area contributed by atoms with Crippen LogP contribution >= 0.6 is 0 Å². The first kappa shape index (κ1) is 30.5. The number of halogens is 1. The minimum absolute atomic E-state index is 0.141. The molecule has 46 heavy (non-hydrogen) atoms. The Hall–Kier alpha value is -4.19. The molecule has 0 amide bonds. The van der Waals surface area contributed by atoms with Crippen LogP contribution in [0.5, 0.6) is 0 Å². The molecule has 0 radical (unpaired) electrons. The number of aromatic nitrogens is 6. The van der Waals surface area contributed by atoms with Crippen LogP contribution in [0.2, 0.25) is 0 Å². The zero-order valence-electron chi connectivity index (χ0n) is 27.0. The molecule has 2 N–H and O–H groups in total. The number of nitrogens with one attached hydrogen (secondary N) is 2. The van der Waals surface area contributed by atoms with Gasteiger partial charge in [-0.3, -0.25) is 9.36 Å². The van der Waals surface area contributed by atoms with Crippen molar-refractivity contribution in [3.8, 4) is 0 Å². The van der Waals surface area contributed by atoms with E-state index in [0.29, 0.717) is 53.1 Å². The van der Waals surface area contributed by atoms with E-state index in [1.54, 1.807) is 21.4 Å². The van der Waals surface area contributed by atoms with E-state index in [1.807, 2.05) is 18.2 Å². The van der Waals surface area contributed by atoms with Crippen LogP contribution < -0.4 is 16.2 Å². The third kappa shape index (κ3) is 5.90. The minimum Gasteiger partial charge on any atom is -0.353 e. The number of nitrogens with zero attached hydrogens (tertiary/aromatic N) is 8. The molecule has 0 unspecified atom stereocenters. The fraction of sp³-hybridized carbons (Fsp3) is 0.529. The van der Waals surface area contributed by atoms with Crippen LogP contribution in [0.25, 0.3) is 10.9 Å². The topological polar surface area (TPSA) is 118 Å². The number of aryl methyl sites for hydroxylation is 1. The van der Waals surface area contributed by atoms with Crippen LogP contribution in [-0.4, -0.2) is 72.3 Å². The fourth-order valence-corrected chi connectivity index (χ4v) is 7.91. The number of benzene rings is 2. The highest BCUT2D eigenvalue weighted by Crippen LogP contribution is 2.61. The van der Waals surface area contributed by atoms with Gasteiger partial charge in [-0.05, 0) is 95.7 Å². The molecule has 2 bridgehead atoms. The Kier molecular flexibility index (Phi) is 8.08. The van der Waals surface area contributed by atoms with E-state index < -0.39 is 0 Å². The van der Waals surface area contributed by atoms with Gasteiger partial charge in [0.05, 0.1) is 16.6 Å². The number of piperazine rings is 1. The summed E-state index contributed by atoms with van der Waals surface area (Å²) in [5, 5.41) is 19.5. The summed E-state index contributed by atoms with van der Waals surface area (Å²) < 4.78 is 16.7. The van der Waals surface area contributed by atoms with E-state index in [4.69, 9.17) is 9.98 Å². The normalized spacial score (nSPS) is 25.8. The van der Waals surface area contributed by atoms with E-state index in [0.717, 1.165) is 55.1 Å². The van der Waals surface area contributed by atoms with Gasteiger partial charge in [-0.25, -0.2) is 19.0 Å². The van der Waals surface area contributed by atoms with Crippen LogP contribution in [0.15, 0.2) is 58.6 Å². The van der Waals surface area contributed by atoms with Crippen molar-refractivity contribution in [2.75, 3.05) is 19.6 Å². The Bertz CT molecular complexity index is 1780. The average Bonchev–Trinajstić information content (AvgIpc) is 3.55. The highest BCUT2D eigenvalue weighted by atomic mass is 19.1. The van der Waals surface area contributed by atoms with E-state index in [9.17, 15) is 9.18 Å². The number of tetrazole rings is 1. The lowest BCUT2D eigenvalue weighted by molar-refractivity contribution is -0.112. The molecule has 3 saturated carbocycles. The highest BCUT2D eigenvalue weighted by molar-refractivity contribution is 5.86. The quantitative estimate of drug-likeness (QED) is 0.235. The van der Waals surface area contributed by atoms with Crippen molar-refractivity contribution in [3.05, 3.63) is 76.4 Å². The molecule has 4 aliphatic rings. The molecule has 11 nitrogen and oxygen atoms in total. The number of hydrogen-bond acceptors (Lipinski definition) is 7. The van der Waals surface area contributed by atoms with E-state index in [-0.39, 0.29) is 17.9 Å². The van der Waals surface area contributed by atoms with E-state index in [1.165, 1.54) is 24.9 Å². The molecule has 2 aromatic carbocycles. The highest BCUT2D eigenvalue weighted by Gasteiger charge is 2.56. The van der Waals surface area contributed by atoms with E-state index in [2.05, 4.69) is 58.8 Å². The number of rotatable bonds is 7. The van der Waals surface area contributed by atoms with Gasteiger partial charge in [-0.1, -0.05) is 32.9 Å². The van der Waals surface area contributed by atoms with Crippen LogP contribution in [-0.2, 0) is 19.5 Å². The average molecular weight is 627 g/mol. The van der Waals surface area contributed by atoms with Gasteiger partial charge < -0.3 is 15.5 Å². The number of hydrogen-bond donors (Lipinski definition) is 2. The predicted octanol–water partition coefficient (Wildman–Crippen LogP) is 3.75. The van der Waals surface area contributed by atoms with Crippen LogP contribution in [0.4, 0.5) is 10.1 Å². The summed E-state index contributed by atoms with van der Waals surface area (Å²) in [6, 6.07) is 12.7. The molecule has 8 rings (SSSR count). The first-order valence-electron chi connectivity index (χ1n) is 16.5. The summed E-state index contributed by atoms with van der Waals surface area (Å²) in [6.07, 6.45) is 4.54. The molecule has 2 aromatic heterocycles. The molecule has 4 aromatic rings. The number of aliphatic imine (C=N–C) groups is 1. The van der Waals surface area contributed by atoms with Gasteiger partial charge in [0.15, 0.2) is 5.96 Å². The zero-order chi connectivity index (χ0) is 32.0. The van der Waals surface area contributed by atoms with Crippen LogP contribution in [0, 0.1) is 29.0 Å². The maximum Gasteiger partial charge on any atom is 0.261 e. The third-order valence-electron chi connectivity index (χ3n) is 10.8. The third-order valence-corrected chi connectivity index (χ3v) is 10.8. The Morgan fingerprint density at radius 2 is 1.98 bits per heavy atom. The SMILES string of the molecule is C[C@H]1[C@@H](NC(=Nc2ccc3c(=O)n(CCc4ccc(F)cc4)c(Cn4cnnn4)nc3c2)N2CCN[C@@H](C)C2)C[C@@H]2C[C@@H]1C2(C)C. The summed E-state index contributed by atoms with van der Waals surface area (Å²) in [6.45, 7) is 12.7. The maximum absolute atomic E-state index is 13.9. The van der Waals surface area contributed by atoms with Crippen molar-refractivity contribution in [1.82, 2.24) is 45.3 Å². The van der Waals surface area contributed by atoms with Crippen LogP contribution in [0.1, 0.15) is 51.9 Å². The van der Waals surface area contributed by atoms with Crippen molar-refractivity contribution in [3.63, 3.8) is 0 Å². The Labute approximate surface area is 268 Å². The van der Waals surface area contributed by atoms with Gasteiger partial charge in [0.2, 0.25) is 0 Å². The zero-order valence-corrected chi connectivity index (χ0v) is 27.0. The van der Waals surface area contributed by atoms with Gasteiger partial charge in [-0.2, -0.15) is 0 Å². The predicted molar refractivity (Wildman–Crippen MR) is 175 cm³/mol. The Balaban J connectivity index is 1.22. The van der Waals surface area contributed by atoms with Crippen molar-refractivity contribution < 1.29 is 4.39 Å². The first-order chi connectivity index (χ1) is 22.2. The molecule has 1 aliphatic heterocycles. The summed E-state index contributed by atoms with van der Waals surface area (Å²) in [5.41, 5.74) is 2.53. The van der Waals surface area contributed by atoms with Gasteiger partial charge in [0.25, 0.3) is 5.56 Å². The lowest BCUT2D eigenvalue weighted by atomic mass is 9.45. The summed E-state index contributed by atoms with van der Waals surface area (Å²) in [4.78, 5) is 26.4. The largest absolute Gasteiger partial charge is 0.353 e. The molecule has 5 atom stereocenters. The Morgan fingerprint density at radius 1 is 1.15 bits per heavy atom. The summed E-state index contributed by atoms with van der Waals surface area (Å²) in [7, 11) is 0. The molecule has 12 heteroatoms. The summed E-state index contributed by atoms with van der Waals surface area (Å²) in [5.74, 6) is 3.17. The molecule has 0 spiro atoms. The smallest absolute Gasteiger partial charge is 0.261 e. The van der Waals surface area contributed by atoms with Crippen molar-refractivity contribution in [2.45, 2.75) is 72.1 Å². The van der Waals surface area contributed by atoms with Gasteiger partial charge >= 0.3 is 0 Å². The van der Waals surface area contributed by atoms with Crippen molar-refractivity contribution in [2.24, 2.45) is 28.2 Å². The molecule has 3 aliphatic carbocycles. The van der Waals surface area contributed by atoms with Gasteiger partial charge in [0, 0.05) is 38.3 Å². The molecular formula is C34H43FN10O. The van der Waals surface area contributed by atoms with Crippen molar-refractivity contribution >= 4 is 22.5 Å². The van der Waals surface area contributed by atoms with E-state index >= 15 is 0 Å². The Morgan fingerprint density at radius 3 is 2.70 bits per heavy atom. The lowest BCUT2D eigenvalue weighted by Crippen LogP contribution is -2.63. The molecule has 242 valence electrons. The molecule has 3 heterocycles. The monoisotopic (exact) mass is 626 g/mol. The second-order valence-corrected chi connectivity index (χ2v) is 14.0. The van der Waals surface area contributed by atoms with Gasteiger partial charge in [-0.15, -0.1) is 5.10 Å². The summed E-state index contributed by atoms with van der Waals surface area (Å²) >= 11 is 0. The van der Waals surface area contributed by atoms with Crippen molar-refractivity contribution in [1.29, 1.82) is 0 Å². The standard InChI is InChI=1S/C34H43FN10O/c1-21-18-43(14-12-36-21)33(40-29-16-24-15-28(22(29)2)34(24,3)4)38-26-9-10-27-30(17-26)39-31(19-44-20-37-41-42-44)45(32(27)46)13-11-23-5-7-25(35)8-6-23/h5-10,17,20-22,24,28-29,36H,11-16,18-19H2,1-4H3,(H,38,40)/t21-,22+,24-,28-,29-/m0/s1. The number of fused-ring (bicyclic) bond motifs is 3. The second-order valence-electron chi connectivity index (χ2n) is 14.0. The molecule has 4 fully saturated rings. The van der Waals surface area contributed by atoms with Crippen LogP contribution in [0.3, 0.4) is 0 Å². The fourth-order valence-electron chi connectivity index (χ4n) is 7.91. The lowest BCUT2D eigenvalue weighted by Gasteiger charge is -2.62. The van der Waals surface area contributed by atoms with Gasteiger partial charge in [0.1, 0.15) is 24.5 Å².